The zero-order valence-corrected chi connectivity index (χ0v) is 10.5. The second-order valence-electron chi connectivity index (χ2n) is 4.96. The number of aliphatic hydroxyl groups excluding tert-OH is 1. The van der Waals surface area contributed by atoms with Gasteiger partial charge in [0.15, 0.2) is 0 Å². The molecule has 0 saturated carbocycles. The van der Waals surface area contributed by atoms with Crippen LogP contribution in [0.3, 0.4) is 0 Å². The SMILES string of the molecule is CN1Cc2ccccc2-c2ccccc2C(O)C1. The van der Waals surface area contributed by atoms with E-state index in [9.17, 15) is 5.11 Å². The summed E-state index contributed by atoms with van der Waals surface area (Å²) in [5.41, 5.74) is 4.74. The van der Waals surface area contributed by atoms with E-state index in [1.165, 1.54) is 11.1 Å². The Bertz CT molecular complexity index is 565. The van der Waals surface area contributed by atoms with Crippen molar-refractivity contribution in [2.45, 2.75) is 12.6 Å². The Hall–Kier alpha value is -1.64. The molecule has 0 bridgehead atoms. The second-order valence-corrected chi connectivity index (χ2v) is 4.96. The minimum Gasteiger partial charge on any atom is -0.387 e. The van der Waals surface area contributed by atoms with Crippen LogP contribution in [0.25, 0.3) is 11.1 Å². The minimum atomic E-state index is -0.417. The summed E-state index contributed by atoms with van der Waals surface area (Å²) in [7, 11) is 2.05. The van der Waals surface area contributed by atoms with E-state index in [2.05, 4.69) is 35.2 Å². The van der Waals surface area contributed by atoms with E-state index >= 15 is 0 Å². The lowest BCUT2D eigenvalue weighted by Gasteiger charge is -2.27. The Kier molecular flexibility index (Phi) is 2.90. The van der Waals surface area contributed by atoms with Crippen LogP contribution < -0.4 is 0 Å². The van der Waals surface area contributed by atoms with Gasteiger partial charge in [-0.2, -0.15) is 0 Å². The second kappa shape index (κ2) is 4.56. The number of aliphatic hydroxyl groups is 1. The van der Waals surface area contributed by atoms with Crippen LogP contribution >= 0.6 is 0 Å². The molecule has 18 heavy (non-hydrogen) atoms. The van der Waals surface area contributed by atoms with Crippen LogP contribution in [0.2, 0.25) is 0 Å². The predicted octanol–water partition coefficient (Wildman–Crippen LogP) is 2.83. The molecule has 92 valence electrons. The van der Waals surface area contributed by atoms with Crippen LogP contribution in [-0.4, -0.2) is 23.6 Å². The number of nitrogens with zero attached hydrogens (tertiary/aromatic N) is 1. The van der Waals surface area contributed by atoms with Crippen molar-refractivity contribution in [3.8, 4) is 11.1 Å². The first-order valence-corrected chi connectivity index (χ1v) is 6.29. The third-order valence-corrected chi connectivity index (χ3v) is 3.55. The summed E-state index contributed by atoms with van der Waals surface area (Å²) >= 11 is 0. The largest absolute Gasteiger partial charge is 0.387 e. The molecule has 1 N–H and O–H groups in total. The lowest BCUT2D eigenvalue weighted by atomic mass is 9.91. The van der Waals surface area contributed by atoms with E-state index in [0.717, 1.165) is 17.7 Å². The van der Waals surface area contributed by atoms with Crippen molar-refractivity contribution in [1.82, 2.24) is 4.90 Å². The quantitative estimate of drug-likeness (QED) is 0.764. The van der Waals surface area contributed by atoms with Gasteiger partial charge in [0, 0.05) is 13.1 Å². The molecule has 0 aromatic heterocycles. The van der Waals surface area contributed by atoms with E-state index in [4.69, 9.17) is 0 Å². The molecule has 2 nitrogen and oxygen atoms in total. The average molecular weight is 239 g/mol. The van der Waals surface area contributed by atoms with Gasteiger partial charge in [-0.25, -0.2) is 0 Å². The van der Waals surface area contributed by atoms with Gasteiger partial charge in [0.2, 0.25) is 0 Å². The summed E-state index contributed by atoms with van der Waals surface area (Å²) in [6.45, 7) is 1.55. The number of hydrogen-bond acceptors (Lipinski definition) is 2. The normalized spacial score (nSPS) is 19.6. The van der Waals surface area contributed by atoms with E-state index in [0.29, 0.717) is 6.54 Å². The van der Waals surface area contributed by atoms with Crippen LogP contribution in [-0.2, 0) is 6.54 Å². The van der Waals surface area contributed by atoms with Crippen molar-refractivity contribution >= 4 is 0 Å². The van der Waals surface area contributed by atoms with Gasteiger partial charge in [0.25, 0.3) is 0 Å². The molecule has 2 heteroatoms. The van der Waals surface area contributed by atoms with Crippen molar-refractivity contribution in [1.29, 1.82) is 0 Å². The van der Waals surface area contributed by atoms with E-state index in [1.54, 1.807) is 0 Å². The van der Waals surface area contributed by atoms with Crippen LogP contribution in [0, 0.1) is 0 Å². The molecule has 1 heterocycles. The molecule has 1 atom stereocenters. The highest BCUT2D eigenvalue weighted by Gasteiger charge is 2.20. The lowest BCUT2D eigenvalue weighted by Crippen LogP contribution is -2.26. The van der Waals surface area contributed by atoms with Crippen LogP contribution in [0.15, 0.2) is 48.5 Å². The Morgan fingerprint density at radius 3 is 2.50 bits per heavy atom. The molecule has 0 saturated heterocycles. The van der Waals surface area contributed by atoms with Crippen molar-refractivity contribution in [2.24, 2.45) is 0 Å². The van der Waals surface area contributed by atoms with Gasteiger partial charge in [-0.3, -0.25) is 4.90 Å². The topological polar surface area (TPSA) is 23.5 Å². The van der Waals surface area contributed by atoms with Crippen LogP contribution in [0.1, 0.15) is 17.2 Å². The molecule has 0 aliphatic carbocycles. The van der Waals surface area contributed by atoms with E-state index in [-0.39, 0.29) is 0 Å². The zero-order chi connectivity index (χ0) is 12.5. The fourth-order valence-corrected chi connectivity index (χ4v) is 2.70. The Morgan fingerprint density at radius 2 is 1.67 bits per heavy atom. The van der Waals surface area contributed by atoms with Gasteiger partial charge in [-0.1, -0.05) is 48.5 Å². The number of rotatable bonds is 0. The standard InChI is InChI=1S/C16H17NO/c1-17-10-12-6-2-3-7-13(12)14-8-4-5-9-15(14)16(18)11-17/h2-9,16,18H,10-11H2,1H3. The number of hydrogen-bond donors (Lipinski definition) is 1. The van der Waals surface area contributed by atoms with Crippen molar-refractivity contribution < 1.29 is 5.11 Å². The van der Waals surface area contributed by atoms with Crippen molar-refractivity contribution in [2.75, 3.05) is 13.6 Å². The summed E-state index contributed by atoms with van der Waals surface area (Å²) in [5.74, 6) is 0. The van der Waals surface area contributed by atoms with Crippen molar-refractivity contribution in [3.63, 3.8) is 0 Å². The molecular formula is C16H17NO. The van der Waals surface area contributed by atoms with E-state index in [1.807, 2.05) is 25.2 Å². The molecule has 0 radical (unpaired) electrons. The lowest BCUT2D eigenvalue weighted by molar-refractivity contribution is 0.123. The number of likely N-dealkylation sites (N-methyl/N-ethyl adjacent to an activating group) is 1. The van der Waals surface area contributed by atoms with Crippen LogP contribution in [0.5, 0.6) is 0 Å². The summed E-state index contributed by atoms with van der Waals surface area (Å²) in [6.07, 6.45) is -0.417. The molecule has 2 aromatic rings. The highest BCUT2D eigenvalue weighted by Crippen LogP contribution is 2.33. The van der Waals surface area contributed by atoms with Crippen molar-refractivity contribution in [3.05, 3.63) is 59.7 Å². The van der Waals surface area contributed by atoms with Gasteiger partial charge in [-0.05, 0) is 29.3 Å². The van der Waals surface area contributed by atoms with Gasteiger partial charge >= 0.3 is 0 Å². The fourth-order valence-electron chi connectivity index (χ4n) is 2.70. The highest BCUT2D eigenvalue weighted by atomic mass is 16.3. The first kappa shape index (κ1) is 11.5. The summed E-state index contributed by atoms with van der Waals surface area (Å²) < 4.78 is 0. The maximum absolute atomic E-state index is 10.3. The van der Waals surface area contributed by atoms with Gasteiger partial charge in [0.1, 0.15) is 0 Å². The molecule has 2 aromatic carbocycles. The first-order chi connectivity index (χ1) is 8.75. The maximum atomic E-state index is 10.3. The predicted molar refractivity (Wildman–Crippen MR) is 73.2 cm³/mol. The molecule has 0 spiro atoms. The first-order valence-electron chi connectivity index (χ1n) is 6.29. The Morgan fingerprint density at radius 1 is 1.00 bits per heavy atom. The van der Waals surface area contributed by atoms with Gasteiger partial charge < -0.3 is 5.11 Å². The monoisotopic (exact) mass is 239 g/mol. The minimum absolute atomic E-state index is 0.417. The Balaban J connectivity index is 2.24. The smallest absolute Gasteiger partial charge is 0.0922 e. The molecule has 0 fully saturated rings. The number of fused-ring (bicyclic) bond motifs is 3. The zero-order valence-electron chi connectivity index (χ0n) is 10.5. The van der Waals surface area contributed by atoms with Gasteiger partial charge in [-0.15, -0.1) is 0 Å². The summed E-state index contributed by atoms with van der Waals surface area (Å²) in [5, 5.41) is 10.3. The molecule has 1 aliphatic heterocycles. The molecule has 1 aliphatic rings. The van der Waals surface area contributed by atoms with Gasteiger partial charge in [0.05, 0.1) is 6.10 Å². The summed E-state index contributed by atoms with van der Waals surface area (Å²) in [4.78, 5) is 2.17. The molecule has 1 unspecified atom stereocenters. The summed E-state index contributed by atoms with van der Waals surface area (Å²) in [6, 6.07) is 16.6. The van der Waals surface area contributed by atoms with Crippen LogP contribution in [0.4, 0.5) is 0 Å². The Labute approximate surface area is 107 Å². The highest BCUT2D eigenvalue weighted by molar-refractivity contribution is 5.71. The number of benzene rings is 2. The molecule has 0 amide bonds. The third kappa shape index (κ3) is 1.94. The molecule has 3 rings (SSSR count). The fraction of sp³-hybridized carbons (Fsp3) is 0.250. The number of β-amino-alcohol motifs (C(OH)–C–C–N with tert-alkyl or cyclic N) is 1. The van der Waals surface area contributed by atoms with E-state index < -0.39 is 6.10 Å². The average Bonchev–Trinajstić information content (AvgIpc) is 2.38. The maximum Gasteiger partial charge on any atom is 0.0922 e. The third-order valence-electron chi connectivity index (χ3n) is 3.55. The molecular weight excluding hydrogens is 222 g/mol.